The van der Waals surface area contributed by atoms with Crippen molar-refractivity contribution in [3.8, 4) is 0 Å². The summed E-state index contributed by atoms with van der Waals surface area (Å²) in [6.07, 6.45) is -4.35. The Kier molecular flexibility index (Phi) is 5.55. The fraction of sp³-hybridized carbons (Fsp3) is 0.333. The zero-order chi connectivity index (χ0) is 19.6. The Morgan fingerprint density at radius 2 is 1.35 bits per heavy atom. The molecule has 0 heterocycles. The number of alkyl halides is 3. The molecule has 0 unspecified atom stereocenters. The van der Waals surface area contributed by atoms with Crippen LogP contribution >= 0.6 is 0 Å². The Morgan fingerprint density at radius 1 is 0.846 bits per heavy atom. The van der Waals surface area contributed by atoms with Crippen LogP contribution in [-0.2, 0) is 22.7 Å². The van der Waals surface area contributed by atoms with Gasteiger partial charge in [0, 0.05) is 17.9 Å². The van der Waals surface area contributed by atoms with Gasteiger partial charge < -0.3 is 5.32 Å². The molecule has 26 heavy (non-hydrogen) atoms. The molecule has 0 aliphatic carbocycles. The lowest BCUT2D eigenvalue weighted by Gasteiger charge is -2.20. The van der Waals surface area contributed by atoms with E-state index < -0.39 is 26.5 Å². The van der Waals surface area contributed by atoms with Gasteiger partial charge in [0.1, 0.15) is 0 Å². The molecular weight excluding hydrogens is 365 g/mol. The van der Waals surface area contributed by atoms with Crippen molar-refractivity contribution in [1.29, 1.82) is 0 Å². The van der Waals surface area contributed by atoms with Crippen LogP contribution in [0.4, 0.5) is 24.5 Å². The van der Waals surface area contributed by atoms with Gasteiger partial charge in [0.2, 0.25) is 10.0 Å². The van der Waals surface area contributed by atoms with Gasteiger partial charge in [-0.25, -0.2) is 8.42 Å². The van der Waals surface area contributed by atoms with Crippen LogP contribution in [0.5, 0.6) is 0 Å². The average Bonchev–Trinajstić information content (AvgIpc) is 2.52. The molecule has 4 nitrogen and oxygen atoms in total. The lowest BCUT2D eigenvalue weighted by molar-refractivity contribution is -0.137. The van der Waals surface area contributed by atoms with E-state index in [4.69, 9.17) is 0 Å². The van der Waals surface area contributed by atoms with E-state index in [1.54, 1.807) is 45.0 Å². The standard InChI is InChI=1S/C18H21F3N2O2S/c1-17(2,3)26(24,25)23-16-8-4-13(5-9-16)12-22-15-10-6-14(7-11-15)18(19,20)21/h4-11,22-23H,12H2,1-3H3. The minimum absolute atomic E-state index is 0.400. The average molecular weight is 386 g/mol. The number of hydrogen-bond acceptors (Lipinski definition) is 3. The molecule has 8 heteroatoms. The van der Waals surface area contributed by atoms with Crippen LogP contribution in [0, 0.1) is 0 Å². The highest BCUT2D eigenvalue weighted by molar-refractivity contribution is 7.94. The third-order valence-corrected chi connectivity index (χ3v) is 5.84. The highest BCUT2D eigenvalue weighted by atomic mass is 32.2. The summed E-state index contributed by atoms with van der Waals surface area (Å²) < 4.78 is 63.4. The van der Waals surface area contributed by atoms with Gasteiger partial charge >= 0.3 is 6.18 Å². The van der Waals surface area contributed by atoms with E-state index >= 15 is 0 Å². The van der Waals surface area contributed by atoms with Crippen LogP contribution in [0.25, 0.3) is 0 Å². The number of sulfonamides is 1. The lowest BCUT2D eigenvalue weighted by atomic mass is 10.2. The Hall–Kier alpha value is -2.22. The quantitative estimate of drug-likeness (QED) is 0.772. The van der Waals surface area contributed by atoms with Crippen molar-refractivity contribution in [3.63, 3.8) is 0 Å². The number of hydrogen-bond donors (Lipinski definition) is 2. The first kappa shape index (κ1) is 20.1. The van der Waals surface area contributed by atoms with E-state index in [0.717, 1.165) is 17.7 Å². The lowest BCUT2D eigenvalue weighted by Crippen LogP contribution is -2.33. The van der Waals surface area contributed by atoms with Crippen LogP contribution in [-0.4, -0.2) is 13.2 Å². The SMILES string of the molecule is CC(C)(C)S(=O)(=O)Nc1ccc(CNc2ccc(C(F)(F)F)cc2)cc1. The first-order valence-corrected chi connectivity index (χ1v) is 9.39. The molecule has 0 fully saturated rings. The number of halogens is 3. The summed E-state index contributed by atoms with van der Waals surface area (Å²) in [5.74, 6) is 0. The molecule has 0 radical (unpaired) electrons. The smallest absolute Gasteiger partial charge is 0.381 e. The number of benzene rings is 2. The maximum Gasteiger partial charge on any atom is 0.416 e. The summed E-state index contributed by atoms with van der Waals surface area (Å²) in [7, 11) is -3.49. The predicted molar refractivity (Wildman–Crippen MR) is 97.5 cm³/mol. The second-order valence-electron chi connectivity index (χ2n) is 6.84. The molecule has 2 N–H and O–H groups in total. The first-order valence-electron chi connectivity index (χ1n) is 7.91. The monoisotopic (exact) mass is 386 g/mol. The van der Waals surface area contributed by atoms with Gasteiger partial charge in [-0.3, -0.25) is 4.72 Å². The molecule has 142 valence electrons. The van der Waals surface area contributed by atoms with E-state index in [9.17, 15) is 21.6 Å². The molecule has 0 aliphatic heterocycles. The van der Waals surface area contributed by atoms with E-state index in [2.05, 4.69) is 10.0 Å². The number of rotatable bonds is 5. The highest BCUT2D eigenvalue weighted by Crippen LogP contribution is 2.30. The first-order chi connectivity index (χ1) is 11.9. The van der Waals surface area contributed by atoms with Crippen molar-refractivity contribution in [2.24, 2.45) is 0 Å². The van der Waals surface area contributed by atoms with Gasteiger partial charge in [-0.1, -0.05) is 12.1 Å². The molecule has 0 saturated carbocycles. The zero-order valence-corrected chi connectivity index (χ0v) is 15.5. The Morgan fingerprint density at radius 3 is 1.81 bits per heavy atom. The fourth-order valence-electron chi connectivity index (χ4n) is 1.98. The van der Waals surface area contributed by atoms with E-state index in [-0.39, 0.29) is 0 Å². The van der Waals surface area contributed by atoms with Crippen molar-refractivity contribution in [3.05, 3.63) is 59.7 Å². The Balaban J connectivity index is 1.98. The molecule has 0 bridgehead atoms. The number of nitrogens with one attached hydrogen (secondary N) is 2. The molecule has 0 aliphatic rings. The van der Waals surface area contributed by atoms with Crippen LogP contribution in [0.15, 0.2) is 48.5 Å². The third kappa shape index (κ3) is 5.14. The molecule has 0 saturated heterocycles. The molecule has 0 atom stereocenters. The van der Waals surface area contributed by atoms with Crippen LogP contribution in [0.3, 0.4) is 0 Å². The predicted octanol–water partition coefficient (Wildman–Crippen LogP) is 4.86. The van der Waals surface area contributed by atoms with Crippen molar-refractivity contribution < 1.29 is 21.6 Å². The van der Waals surface area contributed by atoms with Crippen molar-refractivity contribution in [1.82, 2.24) is 0 Å². The van der Waals surface area contributed by atoms with Crippen molar-refractivity contribution in [2.75, 3.05) is 10.0 Å². The van der Waals surface area contributed by atoms with Gasteiger partial charge in [0.25, 0.3) is 0 Å². The Labute approximate surface area is 151 Å². The summed E-state index contributed by atoms with van der Waals surface area (Å²) in [4.78, 5) is 0. The fourth-order valence-corrected chi connectivity index (χ4v) is 2.73. The molecular formula is C18H21F3N2O2S. The minimum Gasteiger partial charge on any atom is -0.381 e. The van der Waals surface area contributed by atoms with E-state index in [1.165, 1.54) is 12.1 Å². The maximum atomic E-state index is 12.5. The van der Waals surface area contributed by atoms with Gasteiger partial charge in [-0.2, -0.15) is 13.2 Å². The topological polar surface area (TPSA) is 58.2 Å². The van der Waals surface area contributed by atoms with Crippen LogP contribution in [0.2, 0.25) is 0 Å². The molecule has 0 amide bonds. The largest absolute Gasteiger partial charge is 0.416 e. The van der Waals surface area contributed by atoms with Gasteiger partial charge in [0.15, 0.2) is 0 Å². The van der Waals surface area contributed by atoms with Crippen LogP contribution < -0.4 is 10.0 Å². The summed E-state index contributed by atoms with van der Waals surface area (Å²) in [5.41, 5.74) is 1.19. The van der Waals surface area contributed by atoms with Crippen LogP contribution in [0.1, 0.15) is 31.9 Å². The summed E-state index contributed by atoms with van der Waals surface area (Å²) >= 11 is 0. The molecule has 2 aromatic rings. The van der Waals surface area contributed by atoms with E-state index in [1.807, 2.05) is 0 Å². The summed E-state index contributed by atoms with van der Waals surface area (Å²) in [5, 5.41) is 3.03. The Bertz CT molecular complexity index is 838. The zero-order valence-electron chi connectivity index (χ0n) is 14.7. The molecule has 0 spiro atoms. The normalized spacial score (nSPS) is 12.7. The molecule has 2 aromatic carbocycles. The van der Waals surface area contributed by atoms with Gasteiger partial charge in [0.05, 0.1) is 10.3 Å². The van der Waals surface area contributed by atoms with E-state index in [0.29, 0.717) is 17.9 Å². The second-order valence-corrected chi connectivity index (χ2v) is 9.28. The highest BCUT2D eigenvalue weighted by Gasteiger charge is 2.30. The number of anilines is 2. The van der Waals surface area contributed by atoms with Gasteiger partial charge in [-0.15, -0.1) is 0 Å². The van der Waals surface area contributed by atoms with Crippen molar-refractivity contribution in [2.45, 2.75) is 38.2 Å². The second kappa shape index (κ2) is 7.19. The van der Waals surface area contributed by atoms with Crippen molar-refractivity contribution >= 4 is 21.4 Å². The van der Waals surface area contributed by atoms with Gasteiger partial charge in [-0.05, 0) is 62.7 Å². The molecule has 0 aromatic heterocycles. The summed E-state index contributed by atoms with van der Waals surface area (Å²) in [6, 6.07) is 11.6. The maximum absolute atomic E-state index is 12.5. The minimum atomic E-state index is -4.35. The summed E-state index contributed by atoms with van der Waals surface area (Å²) in [6.45, 7) is 5.23. The molecule has 2 rings (SSSR count). The third-order valence-electron chi connectivity index (χ3n) is 3.72.